The van der Waals surface area contributed by atoms with Gasteiger partial charge in [-0.25, -0.2) is 0 Å². The molecule has 3 aliphatic rings. The molecule has 4 atom stereocenters. The summed E-state index contributed by atoms with van der Waals surface area (Å²) in [4.78, 5) is 38.2. The van der Waals surface area contributed by atoms with Gasteiger partial charge in [0.1, 0.15) is 0 Å². The minimum absolute atomic E-state index is 0.0755. The number of ether oxygens (including phenoxy) is 1. The number of benzene rings is 1. The van der Waals surface area contributed by atoms with Crippen molar-refractivity contribution >= 4 is 17.7 Å². The van der Waals surface area contributed by atoms with Crippen LogP contribution in [-0.2, 0) is 24.7 Å². The van der Waals surface area contributed by atoms with Crippen LogP contribution in [0.3, 0.4) is 0 Å². The van der Waals surface area contributed by atoms with Crippen molar-refractivity contribution in [3.05, 3.63) is 48.0 Å². The molecule has 0 radical (unpaired) electrons. The molecule has 0 bridgehead atoms. The number of nitrogens with one attached hydrogen (secondary N) is 1. The largest absolute Gasteiger partial charge is 0.465 e. The highest BCUT2D eigenvalue weighted by atomic mass is 16.5. The zero-order valence-corrected chi connectivity index (χ0v) is 13.5. The Hall–Kier alpha value is -2.43. The summed E-state index contributed by atoms with van der Waals surface area (Å²) in [5.41, 5.74) is -1.70. The lowest BCUT2D eigenvalue weighted by molar-refractivity contribution is -0.194. The highest BCUT2D eigenvalue weighted by molar-refractivity contribution is 6.46. The Balaban J connectivity index is 1.97. The maximum absolute atomic E-state index is 13.0. The lowest BCUT2D eigenvalue weighted by atomic mass is 9.39. The van der Waals surface area contributed by atoms with Gasteiger partial charge in [0.15, 0.2) is 5.41 Å². The van der Waals surface area contributed by atoms with Crippen LogP contribution in [-0.4, -0.2) is 24.3 Å². The summed E-state index contributed by atoms with van der Waals surface area (Å²) in [5.74, 6) is -2.19. The van der Waals surface area contributed by atoms with Crippen LogP contribution in [0, 0.1) is 17.3 Å². The number of carbonyl (C=O) groups is 3. The second-order valence-corrected chi connectivity index (χ2v) is 6.62. The third-order valence-electron chi connectivity index (χ3n) is 5.80. The molecule has 24 heavy (non-hydrogen) atoms. The molecule has 1 aromatic carbocycles. The van der Waals surface area contributed by atoms with E-state index in [9.17, 15) is 14.4 Å². The summed E-state index contributed by atoms with van der Waals surface area (Å²) in [6.07, 6.45) is 5.61. The van der Waals surface area contributed by atoms with Crippen molar-refractivity contribution in [2.75, 3.05) is 6.61 Å². The summed E-state index contributed by atoms with van der Waals surface area (Å²) in [6, 6.07) is 9.32. The lowest BCUT2D eigenvalue weighted by Gasteiger charge is -2.63. The van der Waals surface area contributed by atoms with Gasteiger partial charge in [-0.15, -0.1) is 0 Å². The average molecular weight is 325 g/mol. The van der Waals surface area contributed by atoms with Crippen LogP contribution in [0.5, 0.6) is 0 Å². The molecule has 2 aliphatic carbocycles. The first-order chi connectivity index (χ1) is 11.6. The minimum atomic E-state index is -1.45. The van der Waals surface area contributed by atoms with Gasteiger partial charge in [0.2, 0.25) is 5.78 Å². The molecule has 1 aromatic rings. The zero-order chi connectivity index (χ0) is 16.9. The van der Waals surface area contributed by atoms with Gasteiger partial charge in [0.25, 0.3) is 5.91 Å². The smallest absolute Gasteiger partial charge is 0.323 e. The summed E-state index contributed by atoms with van der Waals surface area (Å²) in [5, 5.41) is 2.87. The van der Waals surface area contributed by atoms with E-state index in [1.54, 1.807) is 6.92 Å². The molecular weight excluding hydrogens is 306 g/mol. The number of hydrogen-bond acceptors (Lipinski definition) is 4. The molecule has 1 heterocycles. The van der Waals surface area contributed by atoms with Gasteiger partial charge in [-0.1, -0.05) is 42.5 Å². The number of carbonyl (C=O) groups excluding carboxylic acids is 3. The Labute approximate surface area is 140 Å². The molecule has 0 aromatic heterocycles. The molecule has 5 nitrogen and oxygen atoms in total. The molecule has 2 fully saturated rings. The van der Waals surface area contributed by atoms with Crippen molar-refractivity contribution in [2.45, 2.75) is 25.3 Å². The fraction of sp³-hybridized carbons (Fsp3) is 0.421. The number of hydrogen-bond donors (Lipinski definition) is 1. The van der Waals surface area contributed by atoms with Gasteiger partial charge in [-0.3, -0.25) is 14.4 Å². The Morgan fingerprint density at radius 2 is 2.04 bits per heavy atom. The van der Waals surface area contributed by atoms with Crippen LogP contribution in [0.4, 0.5) is 0 Å². The van der Waals surface area contributed by atoms with Crippen LogP contribution in [0.15, 0.2) is 42.5 Å². The fourth-order valence-corrected chi connectivity index (χ4v) is 5.01. The van der Waals surface area contributed by atoms with Crippen LogP contribution in [0.25, 0.3) is 0 Å². The maximum atomic E-state index is 13.0. The molecular formula is C19H19NO4. The molecule has 1 aliphatic heterocycles. The number of fused-ring (bicyclic) bond motifs is 4. The summed E-state index contributed by atoms with van der Waals surface area (Å²) in [7, 11) is 0. The van der Waals surface area contributed by atoms with Gasteiger partial charge in [-0.2, -0.15) is 0 Å². The van der Waals surface area contributed by atoms with Crippen molar-refractivity contribution in [3.8, 4) is 0 Å². The molecule has 1 saturated heterocycles. The van der Waals surface area contributed by atoms with E-state index in [2.05, 4.69) is 11.4 Å². The van der Waals surface area contributed by atoms with E-state index >= 15 is 0 Å². The summed E-state index contributed by atoms with van der Waals surface area (Å²) in [6.45, 7) is 1.89. The Kier molecular flexibility index (Phi) is 3.17. The third kappa shape index (κ3) is 1.48. The van der Waals surface area contributed by atoms with Crippen molar-refractivity contribution in [1.29, 1.82) is 0 Å². The first-order valence-corrected chi connectivity index (χ1v) is 8.37. The van der Waals surface area contributed by atoms with Crippen molar-refractivity contribution in [2.24, 2.45) is 17.3 Å². The van der Waals surface area contributed by atoms with Crippen LogP contribution < -0.4 is 5.32 Å². The van der Waals surface area contributed by atoms with Gasteiger partial charge in [0.05, 0.1) is 12.1 Å². The number of amides is 1. The monoisotopic (exact) mass is 325 g/mol. The topological polar surface area (TPSA) is 72.5 Å². The fourth-order valence-electron chi connectivity index (χ4n) is 5.01. The average Bonchev–Trinajstić information content (AvgIpc) is 2.80. The number of rotatable bonds is 3. The van der Waals surface area contributed by atoms with Crippen LogP contribution in [0.2, 0.25) is 0 Å². The number of allylic oxidation sites excluding steroid dienone is 1. The Morgan fingerprint density at radius 1 is 1.29 bits per heavy atom. The van der Waals surface area contributed by atoms with Crippen molar-refractivity contribution < 1.29 is 19.1 Å². The molecule has 124 valence electrons. The second kappa shape index (κ2) is 5.03. The summed E-state index contributed by atoms with van der Waals surface area (Å²) < 4.78 is 5.29. The Bertz CT molecular complexity index is 756. The first kappa shape index (κ1) is 15.1. The van der Waals surface area contributed by atoms with Gasteiger partial charge >= 0.3 is 5.97 Å². The second-order valence-electron chi connectivity index (χ2n) is 6.62. The van der Waals surface area contributed by atoms with Crippen LogP contribution >= 0.6 is 0 Å². The normalized spacial score (nSPS) is 36.4. The first-order valence-electron chi connectivity index (χ1n) is 8.37. The molecule has 0 spiro atoms. The SMILES string of the molecule is CCOC(=O)[C@]12C(=O)C(=O)N[C@]1(c1ccccc1)[C@@H]1C=CCC[C@H]12. The molecule has 5 heteroatoms. The van der Waals surface area contributed by atoms with Gasteiger partial charge in [0, 0.05) is 5.92 Å². The predicted octanol–water partition coefficient (Wildman–Crippen LogP) is 1.73. The standard InChI is InChI=1S/C19H19NO4/c1-2-24-17(23)18-13-10-6-7-11-14(13)19(18,20-16(22)15(18)21)12-8-4-3-5-9-12/h3-5,7-9,11,13-14H,2,6,10H2,1H3,(H,20,22)/t13-,14-,18+,19-/m1/s1. The van der Waals surface area contributed by atoms with E-state index in [0.29, 0.717) is 6.42 Å². The minimum Gasteiger partial charge on any atom is -0.465 e. The molecule has 1 N–H and O–H groups in total. The number of Topliss-reactive ketones (excluding diaryl/α,β-unsaturated/α-hetero) is 1. The van der Waals surface area contributed by atoms with E-state index in [1.165, 1.54) is 0 Å². The molecule has 1 amide bonds. The zero-order valence-electron chi connectivity index (χ0n) is 13.5. The van der Waals surface area contributed by atoms with E-state index in [1.807, 2.05) is 36.4 Å². The van der Waals surface area contributed by atoms with Gasteiger partial charge in [-0.05, 0) is 31.2 Å². The van der Waals surface area contributed by atoms with Gasteiger partial charge < -0.3 is 10.1 Å². The quantitative estimate of drug-likeness (QED) is 0.397. The predicted molar refractivity (Wildman–Crippen MR) is 85.7 cm³/mol. The van der Waals surface area contributed by atoms with E-state index in [4.69, 9.17) is 4.74 Å². The highest BCUT2D eigenvalue weighted by Crippen LogP contribution is 2.69. The highest BCUT2D eigenvalue weighted by Gasteiger charge is 2.84. The molecule has 4 rings (SSSR count). The van der Waals surface area contributed by atoms with E-state index < -0.39 is 28.6 Å². The maximum Gasteiger partial charge on any atom is 0.323 e. The third-order valence-corrected chi connectivity index (χ3v) is 5.80. The van der Waals surface area contributed by atoms with E-state index in [-0.39, 0.29) is 18.4 Å². The lowest BCUT2D eigenvalue weighted by Crippen LogP contribution is -2.74. The van der Waals surface area contributed by atoms with Crippen molar-refractivity contribution in [3.63, 3.8) is 0 Å². The van der Waals surface area contributed by atoms with E-state index in [0.717, 1.165) is 12.0 Å². The van der Waals surface area contributed by atoms with Crippen LogP contribution in [0.1, 0.15) is 25.3 Å². The Morgan fingerprint density at radius 3 is 2.75 bits per heavy atom. The summed E-state index contributed by atoms with van der Waals surface area (Å²) >= 11 is 0. The number of esters is 1. The van der Waals surface area contributed by atoms with Crippen molar-refractivity contribution in [1.82, 2.24) is 5.32 Å². The number of ketones is 1. The molecule has 0 unspecified atom stereocenters. The molecule has 1 saturated carbocycles.